The fourth-order valence-corrected chi connectivity index (χ4v) is 3.31. The van der Waals surface area contributed by atoms with Gasteiger partial charge in [-0.25, -0.2) is 4.39 Å². The van der Waals surface area contributed by atoms with Crippen LogP contribution in [-0.4, -0.2) is 68.7 Å². The molecule has 1 aromatic heterocycles. The first-order valence-electron chi connectivity index (χ1n) is 10.3. The molecule has 1 aliphatic rings. The summed E-state index contributed by atoms with van der Waals surface area (Å²) in [5.74, 6) is 1.58. The highest BCUT2D eigenvalue weighted by atomic mass is 127. The molecule has 0 saturated carbocycles. The first-order chi connectivity index (χ1) is 14.2. The van der Waals surface area contributed by atoms with Crippen LogP contribution in [0.25, 0.3) is 0 Å². The number of benzene rings is 1. The molecule has 1 aromatic carbocycles. The van der Waals surface area contributed by atoms with Gasteiger partial charge in [0.25, 0.3) is 0 Å². The SMILES string of the molecule is CN(Cc1ccc(F)cc1)C(=NCCCN1CCOCC1)NCCc1ccco1.I. The molecule has 2 heterocycles. The molecule has 0 bridgehead atoms. The van der Waals surface area contributed by atoms with Gasteiger partial charge in [0, 0.05) is 52.7 Å². The lowest BCUT2D eigenvalue weighted by Gasteiger charge is -2.26. The molecule has 0 amide bonds. The van der Waals surface area contributed by atoms with Crippen molar-refractivity contribution in [1.82, 2.24) is 15.1 Å². The van der Waals surface area contributed by atoms with Gasteiger partial charge in [0.1, 0.15) is 11.6 Å². The van der Waals surface area contributed by atoms with Crippen molar-refractivity contribution in [2.75, 3.05) is 53.0 Å². The number of nitrogens with zero attached hydrogens (tertiary/aromatic N) is 3. The van der Waals surface area contributed by atoms with E-state index >= 15 is 0 Å². The van der Waals surface area contributed by atoms with Crippen LogP contribution in [0, 0.1) is 5.82 Å². The van der Waals surface area contributed by atoms with E-state index in [0.29, 0.717) is 6.54 Å². The van der Waals surface area contributed by atoms with Crippen molar-refractivity contribution in [2.24, 2.45) is 4.99 Å². The molecule has 30 heavy (non-hydrogen) atoms. The largest absolute Gasteiger partial charge is 0.469 e. The van der Waals surface area contributed by atoms with Gasteiger partial charge in [-0.05, 0) is 36.2 Å². The molecule has 3 rings (SSSR count). The Morgan fingerprint density at radius 1 is 1.20 bits per heavy atom. The Kier molecular flexibility index (Phi) is 11.2. The summed E-state index contributed by atoms with van der Waals surface area (Å²) < 4.78 is 24.0. The number of hydrogen-bond donors (Lipinski definition) is 1. The predicted molar refractivity (Wildman–Crippen MR) is 128 cm³/mol. The van der Waals surface area contributed by atoms with Crippen LogP contribution in [0.4, 0.5) is 4.39 Å². The molecule has 0 radical (unpaired) electrons. The second kappa shape index (κ2) is 13.6. The lowest BCUT2D eigenvalue weighted by molar-refractivity contribution is 0.0377. The number of guanidine groups is 1. The Balaban J connectivity index is 0.00000320. The summed E-state index contributed by atoms with van der Waals surface area (Å²) in [5, 5.41) is 3.44. The van der Waals surface area contributed by atoms with Gasteiger partial charge in [0.05, 0.1) is 19.5 Å². The van der Waals surface area contributed by atoms with E-state index in [1.165, 1.54) is 12.1 Å². The highest BCUT2D eigenvalue weighted by molar-refractivity contribution is 14.0. The van der Waals surface area contributed by atoms with Gasteiger partial charge >= 0.3 is 0 Å². The molecule has 0 aliphatic carbocycles. The van der Waals surface area contributed by atoms with Crippen LogP contribution in [0.15, 0.2) is 52.1 Å². The Labute approximate surface area is 195 Å². The topological polar surface area (TPSA) is 53.2 Å². The normalized spacial score (nSPS) is 14.9. The zero-order chi connectivity index (χ0) is 20.3. The van der Waals surface area contributed by atoms with Crippen molar-refractivity contribution >= 4 is 29.9 Å². The minimum absolute atomic E-state index is 0. The molecule has 0 spiro atoms. The molecular formula is C22H32FIN4O2. The second-order valence-electron chi connectivity index (χ2n) is 7.25. The van der Waals surface area contributed by atoms with Gasteiger partial charge in [-0.2, -0.15) is 0 Å². The van der Waals surface area contributed by atoms with E-state index in [9.17, 15) is 4.39 Å². The van der Waals surface area contributed by atoms with Crippen LogP contribution < -0.4 is 5.32 Å². The summed E-state index contributed by atoms with van der Waals surface area (Å²) in [4.78, 5) is 9.30. The molecule has 8 heteroatoms. The quantitative estimate of drug-likeness (QED) is 0.233. The van der Waals surface area contributed by atoms with E-state index in [1.807, 2.05) is 31.3 Å². The molecule has 2 aromatic rings. The summed E-state index contributed by atoms with van der Waals surface area (Å²) >= 11 is 0. The van der Waals surface area contributed by atoms with E-state index < -0.39 is 0 Å². The smallest absolute Gasteiger partial charge is 0.193 e. The van der Waals surface area contributed by atoms with Crippen LogP contribution >= 0.6 is 24.0 Å². The molecular weight excluding hydrogens is 498 g/mol. The maximum Gasteiger partial charge on any atom is 0.193 e. The molecule has 1 saturated heterocycles. The van der Waals surface area contributed by atoms with Crippen molar-refractivity contribution < 1.29 is 13.5 Å². The van der Waals surface area contributed by atoms with Gasteiger partial charge in [0.2, 0.25) is 0 Å². The standard InChI is InChI=1S/C22H31FN4O2.HI/c1-26(18-19-5-7-20(23)8-6-19)22(25-11-9-21-4-2-15-29-21)24-10-3-12-27-13-16-28-17-14-27;/h2,4-8,15H,3,9-14,16-18H2,1H3,(H,24,25);1H. The Hall–Kier alpha value is -1.65. The molecule has 0 atom stereocenters. The molecule has 6 nitrogen and oxygen atoms in total. The van der Waals surface area contributed by atoms with Crippen molar-refractivity contribution in [2.45, 2.75) is 19.4 Å². The van der Waals surface area contributed by atoms with E-state index in [0.717, 1.165) is 76.1 Å². The summed E-state index contributed by atoms with van der Waals surface area (Å²) in [6.45, 7) is 6.85. The Morgan fingerprint density at radius 2 is 1.97 bits per heavy atom. The van der Waals surface area contributed by atoms with Gasteiger partial charge in [-0.1, -0.05) is 12.1 Å². The summed E-state index contributed by atoms with van der Waals surface area (Å²) in [5.41, 5.74) is 1.04. The van der Waals surface area contributed by atoms with Crippen LogP contribution in [0.3, 0.4) is 0 Å². The van der Waals surface area contributed by atoms with Crippen LogP contribution in [-0.2, 0) is 17.7 Å². The first-order valence-corrected chi connectivity index (χ1v) is 10.3. The number of hydrogen-bond acceptors (Lipinski definition) is 4. The maximum atomic E-state index is 13.2. The molecule has 1 aliphatic heterocycles. The van der Waals surface area contributed by atoms with Gasteiger partial charge in [0.15, 0.2) is 5.96 Å². The number of aliphatic imine (C=N–C) groups is 1. The fraction of sp³-hybridized carbons (Fsp3) is 0.500. The van der Waals surface area contributed by atoms with Gasteiger partial charge < -0.3 is 19.4 Å². The average Bonchev–Trinajstić information content (AvgIpc) is 3.25. The molecule has 1 N–H and O–H groups in total. The highest BCUT2D eigenvalue weighted by Crippen LogP contribution is 2.07. The van der Waals surface area contributed by atoms with Crippen molar-refractivity contribution in [1.29, 1.82) is 0 Å². The van der Waals surface area contributed by atoms with Gasteiger partial charge in [-0.15, -0.1) is 24.0 Å². The van der Waals surface area contributed by atoms with Crippen LogP contribution in [0.1, 0.15) is 17.7 Å². The summed E-state index contributed by atoms with van der Waals surface area (Å²) in [7, 11) is 2.00. The van der Waals surface area contributed by atoms with Crippen LogP contribution in [0.5, 0.6) is 0 Å². The third-order valence-electron chi connectivity index (χ3n) is 4.93. The number of halogens is 2. The van der Waals surface area contributed by atoms with Crippen molar-refractivity contribution in [3.05, 3.63) is 59.8 Å². The lowest BCUT2D eigenvalue weighted by Crippen LogP contribution is -2.40. The number of rotatable bonds is 9. The number of furan rings is 1. The fourth-order valence-electron chi connectivity index (χ4n) is 3.31. The molecule has 0 unspecified atom stereocenters. The van der Waals surface area contributed by atoms with Crippen molar-refractivity contribution in [3.8, 4) is 0 Å². The number of morpholine rings is 1. The Morgan fingerprint density at radius 3 is 2.67 bits per heavy atom. The first kappa shape index (κ1) is 24.6. The summed E-state index contributed by atoms with van der Waals surface area (Å²) in [6.07, 6.45) is 3.49. The monoisotopic (exact) mass is 530 g/mol. The third kappa shape index (κ3) is 8.61. The second-order valence-corrected chi connectivity index (χ2v) is 7.25. The van der Waals surface area contributed by atoms with Crippen LogP contribution in [0.2, 0.25) is 0 Å². The average molecular weight is 530 g/mol. The van der Waals surface area contributed by atoms with Gasteiger partial charge in [-0.3, -0.25) is 9.89 Å². The predicted octanol–water partition coefficient (Wildman–Crippen LogP) is 3.38. The lowest BCUT2D eigenvalue weighted by atomic mass is 10.2. The number of ether oxygens (including phenoxy) is 1. The minimum atomic E-state index is -0.218. The summed E-state index contributed by atoms with van der Waals surface area (Å²) in [6, 6.07) is 10.5. The molecule has 1 fully saturated rings. The highest BCUT2D eigenvalue weighted by Gasteiger charge is 2.11. The molecule has 166 valence electrons. The minimum Gasteiger partial charge on any atom is -0.469 e. The third-order valence-corrected chi connectivity index (χ3v) is 4.93. The van der Waals surface area contributed by atoms with E-state index in [2.05, 4.69) is 15.1 Å². The van der Waals surface area contributed by atoms with Crippen molar-refractivity contribution in [3.63, 3.8) is 0 Å². The maximum absolute atomic E-state index is 13.2. The van der Waals surface area contributed by atoms with E-state index in [-0.39, 0.29) is 29.8 Å². The van der Waals surface area contributed by atoms with E-state index in [1.54, 1.807) is 6.26 Å². The zero-order valence-electron chi connectivity index (χ0n) is 17.6. The Bertz CT molecular complexity index is 734. The van der Waals surface area contributed by atoms with E-state index in [4.69, 9.17) is 14.1 Å². The number of nitrogens with one attached hydrogen (secondary N) is 1. The zero-order valence-corrected chi connectivity index (χ0v) is 19.9.